The van der Waals surface area contributed by atoms with Crippen LogP contribution < -0.4 is 4.74 Å². The lowest BCUT2D eigenvalue weighted by Crippen LogP contribution is -2.33. The van der Waals surface area contributed by atoms with Gasteiger partial charge < -0.3 is 14.1 Å². The molecule has 1 unspecified atom stereocenters. The van der Waals surface area contributed by atoms with Gasteiger partial charge in [-0.2, -0.15) is 5.26 Å². The molecule has 8 heteroatoms. The fourth-order valence-corrected chi connectivity index (χ4v) is 4.33. The first-order chi connectivity index (χ1) is 14.8. The molecular formula is C23H21N3O5. The SMILES string of the molecule is COc1ccc(C2(C#N)CCC(=O)C(=CN(C)C)C2)c2c1oc1ccc([N+](=O)[O-])cc12. The molecule has 1 aromatic heterocycles. The second-order valence-electron chi connectivity index (χ2n) is 7.97. The zero-order valence-electron chi connectivity index (χ0n) is 17.5. The van der Waals surface area contributed by atoms with Gasteiger partial charge in [-0.25, -0.2) is 0 Å². The van der Waals surface area contributed by atoms with Gasteiger partial charge in [0, 0.05) is 61.6 Å². The van der Waals surface area contributed by atoms with Crippen molar-refractivity contribution >= 4 is 33.4 Å². The number of nitriles is 1. The summed E-state index contributed by atoms with van der Waals surface area (Å²) in [4.78, 5) is 25.2. The predicted octanol–water partition coefficient (Wildman–Crippen LogP) is 4.46. The number of furan rings is 1. The van der Waals surface area contributed by atoms with Crippen molar-refractivity contribution in [3.8, 4) is 11.8 Å². The van der Waals surface area contributed by atoms with Crippen molar-refractivity contribution in [3.05, 3.63) is 57.8 Å². The van der Waals surface area contributed by atoms with Gasteiger partial charge in [-0.1, -0.05) is 6.07 Å². The number of Topliss-reactive ketones (excluding diaryl/α,β-unsaturated/α-hetero) is 1. The van der Waals surface area contributed by atoms with Gasteiger partial charge in [0.25, 0.3) is 5.69 Å². The van der Waals surface area contributed by atoms with E-state index in [-0.39, 0.29) is 24.3 Å². The zero-order valence-corrected chi connectivity index (χ0v) is 17.5. The Kier molecular flexibility index (Phi) is 4.90. The lowest BCUT2D eigenvalue weighted by atomic mass is 9.67. The first-order valence-corrected chi connectivity index (χ1v) is 9.79. The largest absolute Gasteiger partial charge is 0.493 e. The summed E-state index contributed by atoms with van der Waals surface area (Å²) in [6.07, 6.45) is 2.61. The maximum atomic E-state index is 12.5. The Morgan fingerprint density at radius 3 is 2.74 bits per heavy atom. The van der Waals surface area contributed by atoms with Crippen LogP contribution in [0.15, 0.2) is 46.5 Å². The minimum absolute atomic E-state index is 0.0250. The molecule has 3 aromatic rings. The van der Waals surface area contributed by atoms with Gasteiger partial charge in [-0.3, -0.25) is 14.9 Å². The van der Waals surface area contributed by atoms with E-state index in [9.17, 15) is 20.2 Å². The van der Waals surface area contributed by atoms with Crippen LogP contribution in [0, 0.1) is 21.4 Å². The lowest BCUT2D eigenvalue weighted by molar-refractivity contribution is -0.384. The van der Waals surface area contributed by atoms with Crippen LogP contribution in [-0.2, 0) is 10.2 Å². The molecule has 1 heterocycles. The number of benzene rings is 2. The molecule has 1 aliphatic rings. The molecule has 158 valence electrons. The maximum absolute atomic E-state index is 12.5. The summed E-state index contributed by atoms with van der Waals surface area (Å²) in [5.74, 6) is 0.499. The first kappa shape index (κ1) is 20.4. The van der Waals surface area contributed by atoms with Crippen LogP contribution in [-0.4, -0.2) is 36.8 Å². The highest BCUT2D eigenvalue weighted by Crippen LogP contribution is 2.47. The Labute approximate surface area is 178 Å². The molecule has 0 bridgehead atoms. The number of ether oxygens (including phenoxy) is 1. The molecule has 0 saturated heterocycles. The highest BCUT2D eigenvalue weighted by Gasteiger charge is 2.41. The Morgan fingerprint density at radius 1 is 1.32 bits per heavy atom. The number of rotatable bonds is 4. The molecule has 1 fully saturated rings. The number of ketones is 1. The maximum Gasteiger partial charge on any atom is 0.270 e. The molecule has 8 nitrogen and oxygen atoms in total. The number of nitro groups is 1. The molecule has 2 aromatic carbocycles. The number of nitro benzene ring substituents is 1. The topological polar surface area (TPSA) is 110 Å². The normalized spacial score (nSPS) is 20.2. The molecule has 31 heavy (non-hydrogen) atoms. The Hall–Kier alpha value is -3.86. The molecular weight excluding hydrogens is 398 g/mol. The standard InChI is InChI=1S/C23H21N3O5/c1-25(2)12-14-11-23(13-24,9-8-18(14)27)17-5-7-20(30-3)22-21(17)16-10-15(26(28)29)4-6-19(16)31-22/h4-7,10,12H,8-9,11H2,1-3H3. The van der Waals surface area contributed by atoms with Crippen molar-refractivity contribution in [1.29, 1.82) is 5.26 Å². The van der Waals surface area contributed by atoms with Crippen LogP contribution in [0.2, 0.25) is 0 Å². The van der Waals surface area contributed by atoms with Gasteiger partial charge >= 0.3 is 0 Å². The van der Waals surface area contributed by atoms with E-state index in [0.717, 1.165) is 0 Å². The zero-order chi connectivity index (χ0) is 22.3. The Bertz CT molecular complexity index is 1300. The molecule has 1 atom stereocenters. The summed E-state index contributed by atoms with van der Waals surface area (Å²) in [5.41, 5.74) is 1.13. The van der Waals surface area contributed by atoms with Crippen LogP contribution >= 0.6 is 0 Å². The summed E-state index contributed by atoms with van der Waals surface area (Å²) < 4.78 is 11.4. The molecule has 0 radical (unpaired) electrons. The number of allylic oxidation sites excluding steroid dienone is 1. The number of carbonyl (C=O) groups excluding carboxylic acids is 1. The molecule has 1 saturated carbocycles. The number of fused-ring (bicyclic) bond motifs is 3. The average molecular weight is 419 g/mol. The van der Waals surface area contributed by atoms with Crippen LogP contribution in [0.25, 0.3) is 21.9 Å². The lowest BCUT2D eigenvalue weighted by Gasteiger charge is -2.33. The number of nitrogens with zero attached hydrogens (tertiary/aromatic N) is 3. The minimum atomic E-state index is -0.971. The molecule has 4 rings (SSSR count). The quantitative estimate of drug-likeness (QED) is 0.349. The van der Waals surface area contributed by atoms with E-state index in [4.69, 9.17) is 9.15 Å². The third kappa shape index (κ3) is 3.28. The molecule has 0 aliphatic heterocycles. The monoisotopic (exact) mass is 419 g/mol. The van der Waals surface area contributed by atoms with Crippen LogP contribution in [0.4, 0.5) is 5.69 Å². The van der Waals surface area contributed by atoms with E-state index in [1.165, 1.54) is 19.2 Å². The molecule has 0 amide bonds. The number of hydrogen-bond acceptors (Lipinski definition) is 7. The van der Waals surface area contributed by atoms with Gasteiger partial charge in [0.05, 0.1) is 23.5 Å². The minimum Gasteiger partial charge on any atom is -0.493 e. The van der Waals surface area contributed by atoms with E-state index in [2.05, 4.69) is 6.07 Å². The summed E-state index contributed by atoms with van der Waals surface area (Å²) in [7, 11) is 5.18. The highest BCUT2D eigenvalue weighted by atomic mass is 16.6. The molecule has 0 N–H and O–H groups in total. The third-order valence-corrected chi connectivity index (χ3v) is 5.77. The van der Waals surface area contributed by atoms with Crippen molar-refractivity contribution in [3.63, 3.8) is 0 Å². The van der Waals surface area contributed by atoms with E-state index >= 15 is 0 Å². The van der Waals surface area contributed by atoms with E-state index in [1.54, 1.807) is 29.3 Å². The van der Waals surface area contributed by atoms with Crippen LogP contribution in [0.1, 0.15) is 24.8 Å². The summed E-state index contributed by atoms with van der Waals surface area (Å²) >= 11 is 0. The summed E-state index contributed by atoms with van der Waals surface area (Å²) in [6, 6.07) is 10.4. The van der Waals surface area contributed by atoms with Crippen LogP contribution in [0.5, 0.6) is 5.75 Å². The number of non-ortho nitro benzene ring substituents is 1. The fourth-order valence-electron chi connectivity index (χ4n) is 4.33. The highest BCUT2D eigenvalue weighted by molar-refractivity contribution is 6.10. The number of carbonyl (C=O) groups is 1. The Balaban J connectivity index is 2.03. The third-order valence-electron chi connectivity index (χ3n) is 5.77. The Morgan fingerprint density at radius 2 is 2.10 bits per heavy atom. The summed E-state index contributed by atoms with van der Waals surface area (Å²) in [6.45, 7) is 0. The fraction of sp³-hybridized carbons (Fsp3) is 0.304. The van der Waals surface area contributed by atoms with Gasteiger partial charge in [-0.05, 0) is 24.1 Å². The smallest absolute Gasteiger partial charge is 0.270 e. The molecule has 0 spiro atoms. The summed E-state index contributed by atoms with van der Waals surface area (Å²) in [5, 5.41) is 22.8. The van der Waals surface area contributed by atoms with E-state index in [1.807, 2.05) is 14.1 Å². The van der Waals surface area contributed by atoms with Gasteiger partial charge in [-0.15, -0.1) is 0 Å². The van der Waals surface area contributed by atoms with Crippen molar-refractivity contribution in [2.75, 3.05) is 21.2 Å². The van der Waals surface area contributed by atoms with Crippen LogP contribution in [0.3, 0.4) is 0 Å². The molecule has 1 aliphatic carbocycles. The van der Waals surface area contributed by atoms with Gasteiger partial charge in [0.15, 0.2) is 17.1 Å². The predicted molar refractivity (Wildman–Crippen MR) is 115 cm³/mol. The van der Waals surface area contributed by atoms with Gasteiger partial charge in [0.2, 0.25) is 0 Å². The van der Waals surface area contributed by atoms with Crippen molar-refractivity contribution in [2.24, 2.45) is 0 Å². The number of hydrogen-bond donors (Lipinski definition) is 0. The van der Waals surface area contributed by atoms with Crippen molar-refractivity contribution < 1.29 is 18.9 Å². The van der Waals surface area contributed by atoms with E-state index in [0.29, 0.717) is 45.2 Å². The van der Waals surface area contributed by atoms with Gasteiger partial charge in [0.1, 0.15) is 5.58 Å². The average Bonchev–Trinajstić information content (AvgIpc) is 3.13. The van der Waals surface area contributed by atoms with E-state index < -0.39 is 10.3 Å². The first-order valence-electron chi connectivity index (χ1n) is 9.79. The number of methoxy groups -OCH3 is 1. The van der Waals surface area contributed by atoms with Crippen molar-refractivity contribution in [2.45, 2.75) is 24.7 Å². The second kappa shape index (κ2) is 7.43. The second-order valence-corrected chi connectivity index (χ2v) is 7.97. The van der Waals surface area contributed by atoms with Crippen molar-refractivity contribution in [1.82, 2.24) is 4.90 Å².